The van der Waals surface area contributed by atoms with Gasteiger partial charge in [0.05, 0.1) is 19.8 Å². The van der Waals surface area contributed by atoms with Crippen LogP contribution in [0, 0.1) is 0 Å². The maximum atomic E-state index is 11.5. The van der Waals surface area contributed by atoms with Gasteiger partial charge in [-0.25, -0.2) is 9.78 Å². The van der Waals surface area contributed by atoms with Crippen LogP contribution in [0.4, 0.5) is 0 Å². The molecule has 4 N–H and O–H groups in total. The normalized spacial score (nSPS) is 13.9. The summed E-state index contributed by atoms with van der Waals surface area (Å²) in [4.78, 5) is 34.4. The Morgan fingerprint density at radius 3 is 2.00 bits per heavy atom. The van der Waals surface area contributed by atoms with E-state index >= 15 is 0 Å². The highest BCUT2D eigenvalue weighted by Gasteiger charge is 2.28. The highest BCUT2D eigenvalue weighted by atomic mass is 17.1. The molecular formula is C16H32N2O8. The van der Waals surface area contributed by atoms with E-state index < -0.39 is 18.0 Å². The van der Waals surface area contributed by atoms with Crippen molar-refractivity contribution in [2.45, 2.75) is 51.6 Å². The molecule has 0 aliphatic rings. The summed E-state index contributed by atoms with van der Waals surface area (Å²) in [6.07, 6.45) is 2.51. The Balaban J connectivity index is 5.15. The van der Waals surface area contributed by atoms with Gasteiger partial charge in [0.25, 0.3) is 0 Å². The predicted molar refractivity (Wildman–Crippen MR) is 93.0 cm³/mol. The maximum Gasteiger partial charge on any atom is 0.320 e. The SMILES string of the molecule is CCCC(COO)N(CCOO)CCN(CC(=O)O)C(CCC)C(=O)O. The fourth-order valence-electron chi connectivity index (χ4n) is 2.94. The molecule has 0 aromatic carbocycles. The highest BCUT2D eigenvalue weighted by Crippen LogP contribution is 2.11. The molecular weight excluding hydrogens is 348 g/mol. The van der Waals surface area contributed by atoms with Crippen molar-refractivity contribution in [3.05, 3.63) is 0 Å². The van der Waals surface area contributed by atoms with Crippen molar-refractivity contribution in [3.8, 4) is 0 Å². The molecule has 0 bridgehead atoms. The fraction of sp³-hybridized carbons (Fsp3) is 0.875. The molecule has 0 saturated carbocycles. The lowest BCUT2D eigenvalue weighted by Crippen LogP contribution is -2.50. The van der Waals surface area contributed by atoms with Crippen LogP contribution in [0.1, 0.15) is 39.5 Å². The molecule has 0 amide bonds. The zero-order chi connectivity index (χ0) is 19.9. The summed E-state index contributed by atoms with van der Waals surface area (Å²) in [5.41, 5.74) is 0. The van der Waals surface area contributed by atoms with Crippen molar-refractivity contribution in [1.29, 1.82) is 0 Å². The number of carboxylic acid groups (broad SMARTS) is 2. The molecule has 10 heteroatoms. The summed E-state index contributed by atoms with van der Waals surface area (Å²) in [7, 11) is 0. The van der Waals surface area contributed by atoms with Gasteiger partial charge < -0.3 is 10.2 Å². The number of aliphatic carboxylic acids is 2. The first-order valence-electron chi connectivity index (χ1n) is 8.86. The van der Waals surface area contributed by atoms with E-state index in [-0.39, 0.29) is 32.3 Å². The number of carbonyl (C=O) groups is 2. The van der Waals surface area contributed by atoms with Gasteiger partial charge in [-0.2, -0.15) is 0 Å². The summed E-state index contributed by atoms with van der Waals surface area (Å²) < 4.78 is 0. The van der Waals surface area contributed by atoms with Crippen molar-refractivity contribution in [3.63, 3.8) is 0 Å². The average Bonchev–Trinajstić information content (AvgIpc) is 2.58. The van der Waals surface area contributed by atoms with Gasteiger partial charge >= 0.3 is 11.9 Å². The number of rotatable bonds is 17. The number of hydrogen-bond donors (Lipinski definition) is 4. The Kier molecular flexibility index (Phi) is 14.1. The van der Waals surface area contributed by atoms with Crippen molar-refractivity contribution >= 4 is 11.9 Å². The molecule has 0 aliphatic carbocycles. The molecule has 0 fully saturated rings. The van der Waals surface area contributed by atoms with Crippen LogP contribution >= 0.6 is 0 Å². The minimum absolute atomic E-state index is 0.0297. The highest BCUT2D eigenvalue weighted by molar-refractivity contribution is 5.75. The Hall–Kier alpha value is -1.30. The minimum Gasteiger partial charge on any atom is -0.480 e. The van der Waals surface area contributed by atoms with Crippen LogP contribution in [0.3, 0.4) is 0 Å². The molecule has 10 nitrogen and oxygen atoms in total. The lowest BCUT2D eigenvalue weighted by Gasteiger charge is -2.34. The monoisotopic (exact) mass is 380 g/mol. The van der Waals surface area contributed by atoms with Gasteiger partial charge in [0.2, 0.25) is 0 Å². The van der Waals surface area contributed by atoms with E-state index in [1.54, 1.807) is 0 Å². The van der Waals surface area contributed by atoms with Crippen LogP contribution in [0.15, 0.2) is 0 Å². The van der Waals surface area contributed by atoms with Crippen molar-refractivity contribution < 1.29 is 40.1 Å². The van der Waals surface area contributed by atoms with Crippen LogP contribution in [-0.2, 0) is 19.4 Å². The van der Waals surface area contributed by atoms with Crippen LogP contribution in [0.5, 0.6) is 0 Å². The van der Waals surface area contributed by atoms with E-state index in [1.807, 2.05) is 18.7 Å². The average molecular weight is 380 g/mol. The Morgan fingerprint density at radius 1 is 0.923 bits per heavy atom. The third-order valence-electron chi connectivity index (χ3n) is 4.18. The van der Waals surface area contributed by atoms with E-state index in [0.717, 1.165) is 6.42 Å². The second-order valence-electron chi connectivity index (χ2n) is 6.11. The van der Waals surface area contributed by atoms with Crippen molar-refractivity contribution in [1.82, 2.24) is 9.80 Å². The maximum absolute atomic E-state index is 11.5. The second kappa shape index (κ2) is 14.8. The molecule has 26 heavy (non-hydrogen) atoms. The first kappa shape index (κ1) is 24.7. The molecule has 0 aromatic heterocycles. The van der Waals surface area contributed by atoms with E-state index in [9.17, 15) is 14.7 Å². The summed E-state index contributed by atoms with van der Waals surface area (Å²) in [5, 5.41) is 35.9. The Bertz CT molecular complexity index is 390. The van der Waals surface area contributed by atoms with Gasteiger partial charge in [-0.15, -0.1) is 0 Å². The molecule has 154 valence electrons. The zero-order valence-electron chi connectivity index (χ0n) is 15.5. The molecule has 0 radical (unpaired) electrons. The largest absolute Gasteiger partial charge is 0.480 e. The van der Waals surface area contributed by atoms with Gasteiger partial charge in [-0.3, -0.25) is 29.9 Å². The van der Waals surface area contributed by atoms with Crippen molar-refractivity contribution in [2.24, 2.45) is 0 Å². The summed E-state index contributed by atoms with van der Waals surface area (Å²) in [6.45, 7) is 4.41. The van der Waals surface area contributed by atoms with E-state index in [1.165, 1.54) is 4.90 Å². The summed E-state index contributed by atoms with van der Waals surface area (Å²) >= 11 is 0. The van der Waals surface area contributed by atoms with Crippen LogP contribution in [0.25, 0.3) is 0 Å². The number of carboxylic acids is 2. The Morgan fingerprint density at radius 2 is 1.54 bits per heavy atom. The second-order valence-corrected chi connectivity index (χ2v) is 6.11. The topological polar surface area (TPSA) is 140 Å². The molecule has 0 rings (SSSR count). The van der Waals surface area contributed by atoms with Gasteiger partial charge in [0.15, 0.2) is 0 Å². The molecule has 0 heterocycles. The van der Waals surface area contributed by atoms with E-state index in [0.29, 0.717) is 32.4 Å². The molecule has 0 aromatic rings. The molecule has 0 spiro atoms. The predicted octanol–water partition coefficient (Wildman–Crippen LogP) is 1.08. The lowest BCUT2D eigenvalue weighted by atomic mass is 10.1. The number of nitrogens with zero attached hydrogens (tertiary/aromatic N) is 2. The van der Waals surface area contributed by atoms with Gasteiger partial charge in [-0.05, 0) is 12.8 Å². The molecule has 0 saturated heterocycles. The van der Waals surface area contributed by atoms with Gasteiger partial charge in [-0.1, -0.05) is 26.7 Å². The third kappa shape index (κ3) is 10.00. The van der Waals surface area contributed by atoms with Crippen LogP contribution in [0.2, 0.25) is 0 Å². The van der Waals surface area contributed by atoms with E-state index in [4.69, 9.17) is 15.6 Å². The molecule has 2 atom stereocenters. The molecule has 0 aliphatic heterocycles. The summed E-state index contributed by atoms with van der Waals surface area (Å²) in [5.74, 6) is -2.15. The van der Waals surface area contributed by atoms with Crippen LogP contribution in [-0.4, -0.2) is 93.9 Å². The van der Waals surface area contributed by atoms with E-state index in [2.05, 4.69) is 9.78 Å². The fourth-order valence-corrected chi connectivity index (χ4v) is 2.94. The minimum atomic E-state index is -1.10. The quantitative estimate of drug-likeness (QED) is 0.214. The first-order chi connectivity index (χ1) is 12.4. The van der Waals surface area contributed by atoms with Crippen LogP contribution < -0.4 is 0 Å². The first-order valence-corrected chi connectivity index (χ1v) is 8.86. The lowest BCUT2D eigenvalue weighted by molar-refractivity contribution is -0.259. The third-order valence-corrected chi connectivity index (χ3v) is 4.18. The number of hydrogen-bond acceptors (Lipinski definition) is 8. The smallest absolute Gasteiger partial charge is 0.320 e. The molecule has 2 unspecified atom stereocenters. The zero-order valence-corrected chi connectivity index (χ0v) is 15.5. The van der Waals surface area contributed by atoms with Crippen molar-refractivity contribution in [2.75, 3.05) is 39.4 Å². The summed E-state index contributed by atoms with van der Waals surface area (Å²) in [6, 6.07) is -1.05. The van der Waals surface area contributed by atoms with Gasteiger partial charge in [0.1, 0.15) is 6.04 Å². The van der Waals surface area contributed by atoms with Gasteiger partial charge in [0, 0.05) is 25.7 Å². The standard InChI is InChI=1S/C16H32N2O8/c1-3-5-13(12-26-24)17(9-10-25-23)7-8-18(11-15(19)20)14(6-4-2)16(21)22/h13-14,23-24H,3-12H2,1-2H3,(H,19,20)(H,21,22). The Labute approximate surface area is 153 Å².